The fraction of sp³-hybridized carbons (Fsp3) is 0.412. The van der Waals surface area contributed by atoms with E-state index >= 15 is 0 Å². The highest BCUT2D eigenvalue weighted by molar-refractivity contribution is 9.10. The first-order chi connectivity index (χ1) is 10.4. The van der Waals surface area contributed by atoms with Gasteiger partial charge in [-0.15, -0.1) is 0 Å². The lowest BCUT2D eigenvalue weighted by molar-refractivity contribution is -0.144. The monoisotopic (exact) mass is 368 g/mol. The summed E-state index contributed by atoms with van der Waals surface area (Å²) in [6, 6.07) is 7.15. The maximum atomic E-state index is 12.1. The van der Waals surface area contributed by atoms with Crippen LogP contribution in [0.3, 0.4) is 0 Å². The second-order valence-electron chi connectivity index (χ2n) is 5.08. The number of Topliss-reactive ketones (excluding diaryl/α,β-unsaturated/α-hetero) is 1. The molecule has 0 fully saturated rings. The third-order valence-electron chi connectivity index (χ3n) is 3.20. The Morgan fingerprint density at radius 3 is 2.64 bits per heavy atom. The minimum atomic E-state index is -0.706. The molecule has 0 aliphatic heterocycles. The van der Waals surface area contributed by atoms with Crippen LogP contribution >= 0.6 is 15.9 Å². The highest BCUT2D eigenvalue weighted by atomic mass is 79.9. The van der Waals surface area contributed by atoms with Crippen LogP contribution in [0.5, 0.6) is 0 Å². The summed E-state index contributed by atoms with van der Waals surface area (Å²) in [6.07, 6.45) is 2.31. The van der Waals surface area contributed by atoms with Crippen LogP contribution in [0.25, 0.3) is 0 Å². The van der Waals surface area contributed by atoms with Crippen LogP contribution in [-0.2, 0) is 9.53 Å². The van der Waals surface area contributed by atoms with Crippen molar-refractivity contribution in [2.45, 2.75) is 44.8 Å². The van der Waals surface area contributed by atoms with Crippen LogP contribution in [0.15, 0.2) is 41.4 Å². The van der Waals surface area contributed by atoms with Gasteiger partial charge in [-0.3, -0.25) is 9.59 Å². The van der Waals surface area contributed by atoms with Crippen molar-refractivity contribution in [1.29, 1.82) is 0 Å². The standard InChI is InChI=1S/C17H21BrO4/c1-3-14(22-12(2)19)8-6-7-13(20)11-17(21)15-9-4-5-10-16(15)18/h3-5,9-10,13-14,20H,1,6-8,11H2,2H3. The third kappa shape index (κ3) is 6.54. The molecule has 0 saturated carbocycles. The van der Waals surface area contributed by atoms with Gasteiger partial charge in [0.1, 0.15) is 6.10 Å². The number of carbonyl (C=O) groups excluding carboxylic acids is 2. The number of ether oxygens (including phenoxy) is 1. The number of aliphatic hydroxyl groups is 1. The predicted molar refractivity (Wildman–Crippen MR) is 88.7 cm³/mol. The summed E-state index contributed by atoms with van der Waals surface area (Å²) in [5.74, 6) is -0.449. The molecule has 0 aromatic heterocycles. The van der Waals surface area contributed by atoms with E-state index in [-0.39, 0.29) is 24.3 Å². The molecule has 1 N–H and O–H groups in total. The number of aliphatic hydroxyl groups excluding tert-OH is 1. The Hall–Kier alpha value is -1.46. The van der Waals surface area contributed by atoms with Crippen LogP contribution < -0.4 is 0 Å². The van der Waals surface area contributed by atoms with E-state index in [1.54, 1.807) is 24.3 Å². The van der Waals surface area contributed by atoms with Crippen LogP contribution in [-0.4, -0.2) is 29.1 Å². The van der Waals surface area contributed by atoms with Gasteiger partial charge in [-0.1, -0.05) is 46.8 Å². The summed E-state index contributed by atoms with van der Waals surface area (Å²) in [5.41, 5.74) is 0.574. The highest BCUT2D eigenvalue weighted by Gasteiger charge is 2.16. The molecule has 0 saturated heterocycles. The zero-order chi connectivity index (χ0) is 16.5. The first-order valence-corrected chi connectivity index (χ1v) is 7.99. The van der Waals surface area contributed by atoms with Crippen molar-refractivity contribution in [2.24, 2.45) is 0 Å². The van der Waals surface area contributed by atoms with Gasteiger partial charge in [-0.2, -0.15) is 0 Å². The average molecular weight is 369 g/mol. The van der Waals surface area contributed by atoms with Crippen LogP contribution in [0.2, 0.25) is 0 Å². The molecular formula is C17H21BrO4. The van der Waals surface area contributed by atoms with Gasteiger partial charge >= 0.3 is 5.97 Å². The highest BCUT2D eigenvalue weighted by Crippen LogP contribution is 2.19. The number of halogens is 1. The smallest absolute Gasteiger partial charge is 0.303 e. The molecule has 0 aliphatic rings. The van der Waals surface area contributed by atoms with E-state index in [4.69, 9.17) is 4.74 Å². The van der Waals surface area contributed by atoms with Crippen molar-refractivity contribution >= 4 is 27.7 Å². The predicted octanol–water partition coefficient (Wildman–Crippen LogP) is 3.67. The first kappa shape index (κ1) is 18.6. The molecule has 2 atom stereocenters. The molecule has 1 aromatic carbocycles. The molecule has 120 valence electrons. The fourth-order valence-electron chi connectivity index (χ4n) is 2.11. The SMILES string of the molecule is C=CC(CCCC(O)CC(=O)c1ccccc1Br)OC(C)=O. The Balaban J connectivity index is 2.38. The minimum absolute atomic E-state index is 0.0783. The van der Waals surface area contributed by atoms with Gasteiger partial charge in [-0.25, -0.2) is 0 Å². The van der Waals surface area contributed by atoms with Crippen molar-refractivity contribution in [3.05, 3.63) is 47.0 Å². The second kappa shape index (κ2) is 9.54. The summed E-state index contributed by atoms with van der Waals surface area (Å²) in [5, 5.41) is 9.97. The average Bonchev–Trinajstić information content (AvgIpc) is 2.46. The van der Waals surface area contributed by atoms with E-state index in [1.165, 1.54) is 6.92 Å². The number of hydrogen-bond donors (Lipinski definition) is 1. The maximum Gasteiger partial charge on any atom is 0.303 e. The summed E-state index contributed by atoms with van der Waals surface area (Å²) >= 11 is 3.33. The number of benzene rings is 1. The lowest BCUT2D eigenvalue weighted by Crippen LogP contribution is -2.17. The van der Waals surface area contributed by atoms with Gasteiger partial charge in [0.15, 0.2) is 5.78 Å². The first-order valence-electron chi connectivity index (χ1n) is 7.19. The summed E-state index contributed by atoms with van der Waals surface area (Å²) in [7, 11) is 0. The lowest BCUT2D eigenvalue weighted by atomic mass is 10.0. The normalized spacial score (nSPS) is 13.2. The van der Waals surface area contributed by atoms with Gasteiger partial charge in [0, 0.05) is 23.4 Å². The fourth-order valence-corrected chi connectivity index (χ4v) is 2.61. The molecule has 1 rings (SSSR count). The van der Waals surface area contributed by atoms with Gasteiger partial charge < -0.3 is 9.84 Å². The topological polar surface area (TPSA) is 63.6 Å². The molecule has 0 bridgehead atoms. The molecule has 1 aromatic rings. The van der Waals surface area contributed by atoms with Gasteiger partial charge in [-0.05, 0) is 25.3 Å². The molecule has 0 heterocycles. The summed E-state index contributed by atoms with van der Waals surface area (Å²) < 4.78 is 5.77. The zero-order valence-corrected chi connectivity index (χ0v) is 14.2. The van der Waals surface area contributed by atoms with Crippen molar-refractivity contribution in [3.63, 3.8) is 0 Å². The number of esters is 1. The van der Waals surface area contributed by atoms with Crippen LogP contribution in [0.4, 0.5) is 0 Å². The summed E-state index contributed by atoms with van der Waals surface area (Å²) in [6.45, 7) is 4.96. The summed E-state index contributed by atoms with van der Waals surface area (Å²) in [4.78, 5) is 23.0. The van der Waals surface area contributed by atoms with Gasteiger partial charge in [0.05, 0.1) is 6.10 Å². The van der Waals surface area contributed by atoms with E-state index < -0.39 is 6.10 Å². The van der Waals surface area contributed by atoms with Crippen molar-refractivity contribution in [2.75, 3.05) is 0 Å². The molecule has 2 unspecified atom stereocenters. The van der Waals surface area contributed by atoms with E-state index in [2.05, 4.69) is 22.5 Å². The lowest BCUT2D eigenvalue weighted by Gasteiger charge is -2.14. The third-order valence-corrected chi connectivity index (χ3v) is 3.89. The Kier molecular flexibility index (Phi) is 8.06. The molecule has 22 heavy (non-hydrogen) atoms. The van der Waals surface area contributed by atoms with Crippen molar-refractivity contribution < 1.29 is 19.4 Å². The molecule has 4 nitrogen and oxygen atoms in total. The molecule has 0 radical (unpaired) electrons. The van der Waals surface area contributed by atoms with E-state index in [9.17, 15) is 14.7 Å². The molecule has 0 aliphatic carbocycles. The Labute approximate surface area is 139 Å². The number of hydrogen-bond acceptors (Lipinski definition) is 4. The van der Waals surface area contributed by atoms with Crippen LogP contribution in [0, 0.1) is 0 Å². The zero-order valence-electron chi connectivity index (χ0n) is 12.6. The Morgan fingerprint density at radius 2 is 2.05 bits per heavy atom. The molecular weight excluding hydrogens is 348 g/mol. The van der Waals surface area contributed by atoms with E-state index in [0.29, 0.717) is 24.8 Å². The number of rotatable bonds is 9. The maximum absolute atomic E-state index is 12.1. The second-order valence-corrected chi connectivity index (χ2v) is 5.93. The van der Waals surface area contributed by atoms with Gasteiger partial charge in [0.25, 0.3) is 0 Å². The van der Waals surface area contributed by atoms with Crippen LogP contribution in [0.1, 0.15) is 43.0 Å². The van der Waals surface area contributed by atoms with Crippen molar-refractivity contribution in [1.82, 2.24) is 0 Å². The van der Waals surface area contributed by atoms with Gasteiger partial charge in [0.2, 0.25) is 0 Å². The number of ketones is 1. The number of carbonyl (C=O) groups is 2. The van der Waals surface area contributed by atoms with E-state index in [1.807, 2.05) is 6.07 Å². The Morgan fingerprint density at radius 1 is 1.36 bits per heavy atom. The molecule has 0 amide bonds. The Bertz CT molecular complexity index is 527. The molecule has 5 heteroatoms. The largest absolute Gasteiger partial charge is 0.458 e. The van der Waals surface area contributed by atoms with E-state index in [0.717, 1.165) is 4.47 Å². The molecule has 0 spiro atoms. The minimum Gasteiger partial charge on any atom is -0.458 e. The quantitative estimate of drug-likeness (QED) is 0.410. The van der Waals surface area contributed by atoms with Crippen molar-refractivity contribution in [3.8, 4) is 0 Å².